The Morgan fingerprint density at radius 2 is 0.938 bits per heavy atom. The van der Waals surface area contributed by atoms with E-state index in [0.717, 1.165) is 0 Å². The Hall–Kier alpha value is -4.32. The molecule has 0 aliphatic heterocycles. The van der Waals surface area contributed by atoms with Crippen LogP contribution in [0.2, 0.25) is 0 Å². The van der Waals surface area contributed by atoms with E-state index in [9.17, 15) is 19.2 Å². The quantitative estimate of drug-likeness (QED) is 0.438. The number of ether oxygens (including phenoxy) is 2. The minimum Gasteiger partial charge on any atom is -0.419 e. The number of allylic oxidation sites excluding steroid dienone is 2. The zero-order chi connectivity index (χ0) is 22.8. The van der Waals surface area contributed by atoms with Crippen molar-refractivity contribution >= 4 is 23.5 Å². The molecule has 0 heterocycles. The Morgan fingerprint density at radius 1 is 0.594 bits per heavy atom. The van der Waals surface area contributed by atoms with Crippen molar-refractivity contribution in [1.82, 2.24) is 0 Å². The van der Waals surface area contributed by atoms with Crippen LogP contribution in [0.25, 0.3) is 0 Å². The third kappa shape index (κ3) is 3.86. The summed E-state index contributed by atoms with van der Waals surface area (Å²) < 4.78 is 11.0. The van der Waals surface area contributed by atoms with Gasteiger partial charge in [0.25, 0.3) is 0 Å². The molecule has 0 unspecified atom stereocenters. The number of rotatable bonds is 4. The van der Waals surface area contributed by atoms with Crippen molar-refractivity contribution in [2.75, 3.05) is 0 Å². The molecule has 1 aliphatic rings. The second-order valence-corrected chi connectivity index (χ2v) is 7.26. The maximum Gasteiger partial charge on any atom is 0.343 e. The Labute approximate surface area is 184 Å². The molecule has 0 spiro atoms. The molecule has 0 saturated carbocycles. The molecule has 0 radical (unpaired) electrons. The second-order valence-electron chi connectivity index (χ2n) is 7.26. The number of hydrogen-bond acceptors (Lipinski definition) is 6. The van der Waals surface area contributed by atoms with Crippen molar-refractivity contribution in [3.05, 3.63) is 106 Å². The summed E-state index contributed by atoms with van der Waals surface area (Å²) >= 11 is 0. The number of fused-ring (bicyclic) bond motifs is 1. The van der Waals surface area contributed by atoms with Gasteiger partial charge in [0.2, 0.25) is 0 Å². The van der Waals surface area contributed by atoms with E-state index in [2.05, 4.69) is 0 Å². The van der Waals surface area contributed by atoms with Crippen molar-refractivity contribution in [3.8, 4) is 11.5 Å². The molecule has 1 aliphatic carbocycles. The van der Waals surface area contributed by atoms with E-state index in [-0.39, 0.29) is 45.3 Å². The molecule has 3 aromatic rings. The molecule has 6 heteroatoms. The maximum absolute atomic E-state index is 12.8. The van der Waals surface area contributed by atoms with E-state index in [0.29, 0.717) is 11.1 Å². The molecular weight excluding hydrogens is 408 g/mol. The summed E-state index contributed by atoms with van der Waals surface area (Å²) in [6, 6.07) is 19.1. The van der Waals surface area contributed by atoms with Gasteiger partial charge >= 0.3 is 11.9 Å². The van der Waals surface area contributed by atoms with Crippen molar-refractivity contribution < 1.29 is 28.7 Å². The van der Waals surface area contributed by atoms with Gasteiger partial charge < -0.3 is 9.47 Å². The number of esters is 2. The zero-order valence-electron chi connectivity index (χ0n) is 17.4. The fourth-order valence-corrected chi connectivity index (χ4v) is 3.31. The van der Waals surface area contributed by atoms with E-state index >= 15 is 0 Å². The summed E-state index contributed by atoms with van der Waals surface area (Å²) in [6.07, 6.45) is 0. The minimum absolute atomic E-state index is 0.0912. The third-order valence-corrected chi connectivity index (χ3v) is 5.24. The van der Waals surface area contributed by atoms with Crippen LogP contribution in [0.5, 0.6) is 11.5 Å². The molecule has 0 saturated heterocycles. The van der Waals surface area contributed by atoms with Crippen molar-refractivity contribution in [2.24, 2.45) is 0 Å². The summed E-state index contributed by atoms with van der Waals surface area (Å²) in [5.41, 5.74) is 1.37. The first-order chi connectivity index (χ1) is 15.4. The Balaban J connectivity index is 1.78. The van der Waals surface area contributed by atoms with Crippen LogP contribution >= 0.6 is 0 Å². The SMILES string of the molecule is CC1=C(C)C(=O)c2cc(OC(=O)c3ccccc3)c(OC(=O)c3ccccc3)cc2C1=O. The number of Topliss-reactive ketones (excluding diaryl/α,β-unsaturated/α-hetero) is 2. The highest BCUT2D eigenvalue weighted by Gasteiger charge is 2.31. The minimum atomic E-state index is -0.694. The average Bonchev–Trinajstić information content (AvgIpc) is 2.83. The highest BCUT2D eigenvalue weighted by molar-refractivity contribution is 6.26. The van der Waals surface area contributed by atoms with Gasteiger partial charge in [0.05, 0.1) is 11.1 Å². The number of ketones is 2. The largest absolute Gasteiger partial charge is 0.419 e. The molecule has 0 fully saturated rings. The number of benzene rings is 3. The van der Waals surface area contributed by atoms with Gasteiger partial charge in [0.1, 0.15) is 0 Å². The van der Waals surface area contributed by atoms with Crippen molar-refractivity contribution in [3.63, 3.8) is 0 Å². The van der Waals surface area contributed by atoms with Crippen molar-refractivity contribution in [2.45, 2.75) is 13.8 Å². The molecule has 0 atom stereocenters. The van der Waals surface area contributed by atoms with E-state index in [1.54, 1.807) is 74.5 Å². The van der Waals surface area contributed by atoms with Gasteiger partial charge in [-0.2, -0.15) is 0 Å². The Morgan fingerprint density at radius 3 is 1.28 bits per heavy atom. The second kappa shape index (κ2) is 8.43. The summed E-state index contributed by atoms with van der Waals surface area (Å²) in [5, 5.41) is 0. The number of hydrogen-bond donors (Lipinski definition) is 0. The monoisotopic (exact) mass is 426 g/mol. The summed E-state index contributed by atoms with van der Waals surface area (Å²) in [4.78, 5) is 50.8. The standard InChI is InChI=1S/C26H18O6/c1-15-16(2)24(28)20-14-22(32-26(30)18-11-7-4-8-12-18)21(13-19(20)23(15)27)31-25(29)17-9-5-3-6-10-17/h3-14H,1-2H3. The van der Waals surface area contributed by atoms with Gasteiger partial charge in [-0.05, 0) is 50.2 Å². The van der Waals surface area contributed by atoms with Gasteiger partial charge in [-0.1, -0.05) is 36.4 Å². The molecule has 0 aromatic heterocycles. The average molecular weight is 426 g/mol. The van der Waals surface area contributed by atoms with Crippen LogP contribution in [-0.4, -0.2) is 23.5 Å². The van der Waals surface area contributed by atoms with E-state index < -0.39 is 11.9 Å². The molecule has 0 amide bonds. The van der Waals surface area contributed by atoms with Crippen LogP contribution in [-0.2, 0) is 0 Å². The normalized spacial score (nSPS) is 12.9. The fraction of sp³-hybridized carbons (Fsp3) is 0.0769. The molecule has 0 bridgehead atoms. The van der Waals surface area contributed by atoms with Crippen molar-refractivity contribution in [1.29, 1.82) is 0 Å². The van der Waals surface area contributed by atoms with Crippen LogP contribution in [0.1, 0.15) is 55.3 Å². The van der Waals surface area contributed by atoms with Crippen LogP contribution in [0.4, 0.5) is 0 Å². The highest BCUT2D eigenvalue weighted by atomic mass is 16.6. The smallest absolute Gasteiger partial charge is 0.343 e. The topological polar surface area (TPSA) is 86.7 Å². The third-order valence-electron chi connectivity index (χ3n) is 5.24. The number of carbonyl (C=O) groups is 4. The lowest BCUT2D eigenvalue weighted by atomic mass is 9.85. The molecule has 3 aromatic carbocycles. The van der Waals surface area contributed by atoms with Crippen LogP contribution in [0.15, 0.2) is 83.9 Å². The first kappa shape index (κ1) is 20.9. The van der Waals surface area contributed by atoms with Crippen LogP contribution in [0, 0.1) is 0 Å². The summed E-state index contributed by atoms with van der Waals surface area (Å²) in [7, 11) is 0. The lowest BCUT2D eigenvalue weighted by Gasteiger charge is -2.19. The van der Waals surface area contributed by atoms with E-state index in [1.165, 1.54) is 12.1 Å². The van der Waals surface area contributed by atoms with Gasteiger partial charge in [-0.15, -0.1) is 0 Å². The molecule has 6 nitrogen and oxygen atoms in total. The van der Waals surface area contributed by atoms with Crippen LogP contribution in [0.3, 0.4) is 0 Å². The molecule has 0 N–H and O–H groups in total. The first-order valence-electron chi connectivity index (χ1n) is 9.86. The first-order valence-corrected chi connectivity index (χ1v) is 9.86. The van der Waals surface area contributed by atoms with Crippen LogP contribution < -0.4 is 9.47 Å². The maximum atomic E-state index is 12.8. The summed E-state index contributed by atoms with van der Waals surface area (Å²) in [5.74, 6) is -2.35. The molecular formula is C26H18O6. The summed E-state index contributed by atoms with van der Waals surface area (Å²) in [6.45, 7) is 3.13. The van der Waals surface area contributed by atoms with Gasteiger partial charge in [0, 0.05) is 22.3 Å². The Kier molecular flexibility index (Phi) is 5.52. The molecule has 158 valence electrons. The van der Waals surface area contributed by atoms with E-state index in [1.807, 2.05) is 0 Å². The highest BCUT2D eigenvalue weighted by Crippen LogP contribution is 2.37. The predicted octanol–water partition coefficient (Wildman–Crippen LogP) is 4.84. The Bertz CT molecular complexity index is 1190. The lowest BCUT2D eigenvalue weighted by Crippen LogP contribution is -2.21. The van der Waals surface area contributed by atoms with Gasteiger partial charge in [-0.25, -0.2) is 9.59 Å². The van der Waals surface area contributed by atoms with Gasteiger partial charge in [-0.3, -0.25) is 9.59 Å². The number of carbonyl (C=O) groups excluding carboxylic acids is 4. The zero-order valence-corrected chi connectivity index (χ0v) is 17.4. The van der Waals surface area contributed by atoms with E-state index in [4.69, 9.17) is 9.47 Å². The molecule has 4 rings (SSSR count). The van der Waals surface area contributed by atoms with Gasteiger partial charge in [0.15, 0.2) is 23.1 Å². The molecule has 32 heavy (non-hydrogen) atoms. The lowest BCUT2D eigenvalue weighted by molar-refractivity contribution is 0.0681. The predicted molar refractivity (Wildman–Crippen MR) is 116 cm³/mol. The fourth-order valence-electron chi connectivity index (χ4n) is 3.31.